The van der Waals surface area contributed by atoms with E-state index in [2.05, 4.69) is 15.5 Å². The average Bonchev–Trinajstić information content (AvgIpc) is 3.30. The summed E-state index contributed by atoms with van der Waals surface area (Å²) >= 11 is 0. The van der Waals surface area contributed by atoms with E-state index in [0.717, 1.165) is 32.1 Å². The molecule has 30 heavy (non-hydrogen) atoms. The van der Waals surface area contributed by atoms with Gasteiger partial charge in [0.2, 0.25) is 5.89 Å². The summed E-state index contributed by atoms with van der Waals surface area (Å²) in [5.41, 5.74) is 0.717. The topological polar surface area (TPSA) is 105 Å². The summed E-state index contributed by atoms with van der Waals surface area (Å²) < 4.78 is 5.22. The van der Waals surface area contributed by atoms with Crippen LogP contribution in [0.3, 0.4) is 0 Å². The van der Waals surface area contributed by atoms with Gasteiger partial charge in [-0.2, -0.15) is 4.98 Å². The smallest absolute Gasteiger partial charge is 0.261 e. The Morgan fingerprint density at radius 2 is 1.83 bits per heavy atom. The molecule has 3 amide bonds. The molecule has 0 saturated heterocycles. The third kappa shape index (κ3) is 3.74. The van der Waals surface area contributed by atoms with Crippen molar-refractivity contribution in [3.63, 3.8) is 0 Å². The van der Waals surface area contributed by atoms with Crippen LogP contribution in [0.5, 0.6) is 0 Å². The van der Waals surface area contributed by atoms with Crippen molar-refractivity contribution < 1.29 is 18.9 Å². The van der Waals surface area contributed by atoms with Gasteiger partial charge in [0.25, 0.3) is 17.7 Å². The molecule has 1 aliphatic carbocycles. The molecule has 2 aromatic rings. The molecule has 1 aliphatic heterocycles. The summed E-state index contributed by atoms with van der Waals surface area (Å²) in [6, 6.07) is 4.60. The highest BCUT2D eigenvalue weighted by atomic mass is 16.5. The molecular weight excluding hydrogens is 384 g/mol. The number of aromatic nitrogens is 2. The van der Waals surface area contributed by atoms with E-state index in [1.165, 1.54) is 11.0 Å². The number of imide groups is 1. The molecule has 4 rings (SSSR count). The minimum absolute atomic E-state index is 0.0429. The van der Waals surface area contributed by atoms with Crippen LogP contribution in [0.15, 0.2) is 22.7 Å². The lowest BCUT2D eigenvalue weighted by Crippen LogP contribution is -2.40. The molecule has 8 nitrogen and oxygen atoms in total. The fourth-order valence-electron chi connectivity index (χ4n) is 3.96. The van der Waals surface area contributed by atoms with Gasteiger partial charge in [-0.05, 0) is 31.0 Å². The average molecular weight is 410 g/mol. The van der Waals surface area contributed by atoms with Gasteiger partial charge in [0, 0.05) is 17.0 Å². The van der Waals surface area contributed by atoms with Crippen LogP contribution in [0.2, 0.25) is 0 Å². The van der Waals surface area contributed by atoms with Crippen LogP contribution in [-0.4, -0.2) is 38.8 Å². The molecule has 8 heteroatoms. The van der Waals surface area contributed by atoms with Crippen LogP contribution < -0.4 is 5.32 Å². The van der Waals surface area contributed by atoms with E-state index in [0.29, 0.717) is 28.4 Å². The van der Waals surface area contributed by atoms with Gasteiger partial charge in [0.1, 0.15) is 0 Å². The van der Waals surface area contributed by atoms with E-state index in [-0.39, 0.29) is 35.7 Å². The molecule has 1 aromatic heterocycles. The Kier molecular flexibility index (Phi) is 5.17. The number of amides is 3. The van der Waals surface area contributed by atoms with Crippen molar-refractivity contribution in [3.05, 3.63) is 46.6 Å². The van der Waals surface area contributed by atoms with Gasteiger partial charge in [-0.15, -0.1) is 0 Å². The number of hydrogen-bond acceptors (Lipinski definition) is 6. The van der Waals surface area contributed by atoms with E-state index in [4.69, 9.17) is 4.52 Å². The molecule has 2 heterocycles. The highest BCUT2D eigenvalue weighted by Crippen LogP contribution is 2.31. The molecular formula is C22H26N4O4. The molecule has 1 aromatic carbocycles. The van der Waals surface area contributed by atoms with Gasteiger partial charge in [-0.25, -0.2) is 0 Å². The molecule has 1 saturated carbocycles. The van der Waals surface area contributed by atoms with Gasteiger partial charge in [-0.3, -0.25) is 19.3 Å². The van der Waals surface area contributed by atoms with E-state index >= 15 is 0 Å². The fourth-order valence-corrected chi connectivity index (χ4v) is 3.96. The van der Waals surface area contributed by atoms with Crippen molar-refractivity contribution in [3.8, 4) is 0 Å². The number of carbonyl (C=O) groups excluding carboxylic acids is 3. The largest absolute Gasteiger partial charge is 0.345 e. The van der Waals surface area contributed by atoms with Crippen molar-refractivity contribution in [2.45, 2.75) is 70.9 Å². The Morgan fingerprint density at radius 3 is 2.50 bits per heavy atom. The predicted octanol–water partition coefficient (Wildman–Crippen LogP) is 3.23. The minimum Gasteiger partial charge on any atom is -0.345 e. The van der Waals surface area contributed by atoms with Crippen LogP contribution in [-0.2, 0) is 12.0 Å². The predicted molar refractivity (Wildman–Crippen MR) is 108 cm³/mol. The van der Waals surface area contributed by atoms with Crippen molar-refractivity contribution in [1.82, 2.24) is 20.4 Å². The molecule has 2 aliphatic rings. The molecule has 0 unspecified atom stereocenters. The lowest BCUT2D eigenvalue weighted by molar-refractivity contribution is 0.0548. The number of nitrogens with zero attached hydrogens (tertiary/aromatic N) is 3. The monoisotopic (exact) mass is 410 g/mol. The first kappa shape index (κ1) is 20.3. The van der Waals surface area contributed by atoms with Gasteiger partial charge in [0.05, 0.1) is 17.7 Å². The Hall–Kier alpha value is -3.03. The third-order valence-electron chi connectivity index (χ3n) is 5.64. The molecule has 158 valence electrons. The maximum Gasteiger partial charge on any atom is 0.261 e. The van der Waals surface area contributed by atoms with Gasteiger partial charge < -0.3 is 9.84 Å². The standard InChI is InChI=1S/C22H26N4O4/c1-22(2,3)21-24-17(25-30-21)12-23-18(27)13-9-10-15-16(11-13)20(29)26(19(15)28)14-7-5-4-6-8-14/h9-11,14H,4-8,12H2,1-3H3,(H,23,27). The van der Waals surface area contributed by atoms with Crippen molar-refractivity contribution in [1.29, 1.82) is 0 Å². The Morgan fingerprint density at radius 1 is 1.13 bits per heavy atom. The molecule has 0 bridgehead atoms. The highest BCUT2D eigenvalue weighted by molar-refractivity contribution is 6.22. The molecule has 1 fully saturated rings. The quantitative estimate of drug-likeness (QED) is 0.776. The molecule has 0 radical (unpaired) electrons. The summed E-state index contributed by atoms with van der Waals surface area (Å²) in [6.07, 6.45) is 4.89. The van der Waals surface area contributed by atoms with Crippen LogP contribution in [0.1, 0.15) is 95.7 Å². The summed E-state index contributed by atoms with van der Waals surface area (Å²) in [7, 11) is 0. The van der Waals surface area contributed by atoms with Gasteiger partial charge in [-0.1, -0.05) is 45.2 Å². The molecule has 1 N–H and O–H groups in total. The molecule has 0 spiro atoms. The van der Waals surface area contributed by atoms with E-state index < -0.39 is 0 Å². The second-order valence-electron chi connectivity index (χ2n) is 8.98. The van der Waals surface area contributed by atoms with Crippen molar-refractivity contribution in [2.75, 3.05) is 0 Å². The lowest BCUT2D eigenvalue weighted by Gasteiger charge is -2.29. The van der Waals surface area contributed by atoms with Crippen LogP contribution in [0, 0.1) is 0 Å². The van der Waals surface area contributed by atoms with Crippen LogP contribution >= 0.6 is 0 Å². The second-order valence-corrected chi connectivity index (χ2v) is 8.98. The van der Waals surface area contributed by atoms with Crippen molar-refractivity contribution in [2.24, 2.45) is 0 Å². The maximum absolute atomic E-state index is 12.9. The first-order valence-corrected chi connectivity index (χ1v) is 10.4. The Bertz CT molecular complexity index is 999. The SMILES string of the molecule is CC(C)(C)c1nc(CNC(=O)c2ccc3c(c2)C(=O)N(C2CCCCC2)C3=O)no1. The highest BCUT2D eigenvalue weighted by Gasteiger charge is 2.40. The zero-order valence-corrected chi connectivity index (χ0v) is 17.5. The maximum atomic E-state index is 12.9. The first-order valence-electron chi connectivity index (χ1n) is 10.4. The minimum atomic E-state index is -0.365. The van der Waals surface area contributed by atoms with Gasteiger partial charge in [0.15, 0.2) is 5.82 Å². The number of rotatable bonds is 4. The van der Waals surface area contributed by atoms with Crippen molar-refractivity contribution >= 4 is 17.7 Å². The first-order chi connectivity index (χ1) is 14.3. The zero-order chi connectivity index (χ0) is 21.5. The number of fused-ring (bicyclic) bond motifs is 1. The number of carbonyl (C=O) groups is 3. The number of hydrogen-bond donors (Lipinski definition) is 1. The van der Waals surface area contributed by atoms with Gasteiger partial charge >= 0.3 is 0 Å². The zero-order valence-electron chi connectivity index (χ0n) is 17.5. The Balaban J connectivity index is 1.46. The summed E-state index contributed by atoms with van der Waals surface area (Å²) in [6.45, 7) is 5.99. The third-order valence-corrected chi connectivity index (χ3v) is 5.64. The number of nitrogens with one attached hydrogen (secondary N) is 1. The van der Waals surface area contributed by atoms with Crippen LogP contribution in [0.4, 0.5) is 0 Å². The lowest BCUT2D eigenvalue weighted by atomic mass is 9.94. The Labute approximate surface area is 175 Å². The normalized spacial score (nSPS) is 17.4. The fraction of sp³-hybridized carbons (Fsp3) is 0.500. The van der Waals surface area contributed by atoms with E-state index in [9.17, 15) is 14.4 Å². The summed E-state index contributed by atoms with van der Waals surface area (Å²) in [5, 5.41) is 6.62. The van der Waals surface area contributed by atoms with E-state index in [1.54, 1.807) is 12.1 Å². The second kappa shape index (κ2) is 7.66. The summed E-state index contributed by atoms with van der Waals surface area (Å²) in [5.74, 6) is -0.0449. The summed E-state index contributed by atoms with van der Waals surface area (Å²) in [4.78, 5) is 43.9. The molecule has 0 atom stereocenters. The number of benzene rings is 1. The van der Waals surface area contributed by atoms with Crippen LogP contribution in [0.25, 0.3) is 0 Å². The van der Waals surface area contributed by atoms with E-state index in [1.807, 2.05) is 20.8 Å².